The number of benzene rings is 1. The topological polar surface area (TPSA) is 37.3 Å². The Labute approximate surface area is 101 Å². The molecule has 0 radical (unpaired) electrons. The Kier molecular flexibility index (Phi) is 3.43. The number of aliphatic carboxylic acids is 1. The maximum atomic E-state index is 10.6. The van der Waals surface area contributed by atoms with Gasteiger partial charge in [-0.25, -0.2) is 4.79 Å². The van der Waals surface area contributed by atoms with E-state index in [0.717, 1.165) is 24.8 Å². The third-order valence-electron chi connectivity index (χ3n) is 3.01. The molecule has 1 aromatic carbocycles. The molecular formula is C15H16O2. The second-order valence-electron chi connectivity index (χ2n) is 4.41. The molecule has 17 heavy (non-hydrogen) atoms. The van der Waals surface area contributed by atoms with Crippen LogP contribution in [0.2, 0.25) is 0 Å². The molecule has 0 aromatic heterocycles. The van der Waals surface area contributed by atoms with Crippen molar-refractivity contribution >= 4 is 11.5 Å². The van der Waals surface area contributed by atoms with E-state index in [1.54, 1.807) is 0 Å². The van der Waals surface area contributed by atoms with E-state index in [1.807, 2.05) is 19.1 Å². The summed E-state index contributed by atoms with van der Waals surface area (Å²) < 4.78 is 0. The van der Waals surface area contributed by atoms with E-state index in [1.165, 1.54) is 22.8 Å². The van der Waals surface area contributed by atoms with Gasteiger partial charge >= 0.3 is 5.97 Å². The predicted octanol–water partition coefficient (Wildman–Crippen LogP) is 3.44. The first-order valence-corrected chi connectivity index (χ1v) is 5.87. The minimum Gasteiger partial charge on any atom is -0.478 e. The molecule has 1 aliphatic rings. The van der Waals surface area contributed by atoms with Crippen molar-refractivity contribution in [2.75, 3.05) is 0 Å². The number of hydrogen-bond donors (Lipinski definition) is 1. The zero-order valence-corrected chi connectivity index (χ0v) is 9.94. The molecule has 0 heterocycles. The van der Waals surface area contributed by atoms with Crippen LogP contribution in [0.3, 0.4) is 0 Å². The number of aryl methyl sites for hydroxylation is 1. The highest BCUT2D eigenvalue weighted by atomic mass is 16.4. The first-order valence-electron chi connectivity index (χ1n) is 5.87. The average Bonchev–Trinajstić information content (AvgIpc) is 2.28. The molecule has 2 rings (SSSR count). The first-order chi connectivity index (χ1) is 8.16. The van der Waals surface area contributed by atoms with E-state index in [4.69, 9.17) is 5.11 Å². The maximum Gasteiger partial charge on any atom is 0.328 e. The molecule has 0 bridgehead atoms. The van der Waals surface area contributed by atoms with Crippen molar-refractivity contribution in [3.05, 3.63) is 53.1 Å². The molecule has 0 atom stereocenters. The van der Waals surface area contributed by atoms with Crippen LogP contribution in [0.4, 0.5) is 0 Å². The highest BCUT2D eigenvalue weighted by molar-refractivity contribution is 5.82. The van der Waals surface area contributed by atoms with Crippen molar-refractivity contribution in [3.8, 4) is 0 Å². The molecule has 1 aromatic rings. The molecule has 0 fully saturated rings. The van der Waals surface area contributed by atoms with E-state index < -0.39 is 5.97 Å². The molecule has 88 valence electrons. The summed E-state index contributed by atoms with van der Waals surface area (Å²) in [5.74, 6) is -0.886. The van der Waals surface area contributed by atoms with Gasteiger partial charge in [0.2, 0.25) is 0 Å². The van der Waals surface area contributed by atoms with Crippen molar-refractivity contribution in [2.24, 2.45) is 0 Å². The lowest BCUT2D eigenvalue weighted by atomic mass is 9.86. The molecule has 0 unspecified atom stereocenters. The van der Waals surface area contributed by atoms with Crippen molar-refractivity contribution < 1.29 is 9.90 Å². The maximum absolute atomic E-state index is 10.6. The van der Waals surface area contributed by atoms with Crippen molar-refractivity contribution in [2.45, 2.75) is 26.2 Å². The van der Waals surface area contributed by atoms with E-state index in [9.17, 15) is 4.79 Å². The Balaban J connectivity index is 2.36. The summed E-state index contributed by atoms with van der Waals surface area (Å²) in [7, 11) is 0. The van der Waals surface area contributed by atoms with Gasteiger partial charge in [-0.2, -0.15) is 0 Å². The zero-order valence-electron chi connectivity index (χ0n) is 9.94. The molecule has 0 spiro atoms. The number of carboxylic acids is 1. The number of fused-ring (bicyclic) bond motifs is 1. The number of carboxylic acid groups (broad SMARTS) is 1. The second-order valence-corrected chi connectivity index (χ2v) is 4.41. The van der Waals surface area contributed by atoms with Crippen LogP contribution < -0.4 is 0 Å². The summed E-state index contributed by atoms with van der Waals surface area (Å²) in [5.41, 5.74) is 4.69. The minimum absolute atomic E-state index is 0.796. The van der Waals surface area contributed by atoms with Crippen LogP contribution in [0.1, 0.15) is 30.9 Å². The van der Waals surface area contributed by atoms with Crippen LogP contribution in [-0.4, -0.2) is 11.1 Å². The molecule has 0 amide bonds. The molecule has 1 aliphatic carbocycles. The van der Waals surface area contributed by atoms with Gasteiger partial charge in [0.15, 0.2) is 0 Å². The van der Waals surface area contributed by atoms with E-state index in [0.29, 0.717) is 0 Å². The zero-order chi connectivity index (χ0) is 12.3. The van der Waals surface area contributed by atoms with Crippen LogP contribution in [0.5, 0.6) is 0 Å². The number of rotatable bonds is 2. The summed E-state index contributed by atoms with van der Waals surface area (Å²) in [6.07, 6.45) is 6.54. The van der Waals surface area contributed by atoms with Crippen LogP contribution in [0.25, 0.3) is 5.57 Å². The molecular weight excluding hydrogens is 212 g/mol. The Morgan fingerprint density at radius 2 is 2.06 bits per heavy atom. The molecule has 2 nitrogen and oxygen atoms in total. The monoisotopic (exact) mass is 228 g/mol. The van der Waals surface area contributed by atoms with Crippen LogP contribution in [0.15, 0.2) is 42.0 Å². The Morgan fingerprint density at radius 3 is 2.82 bits per heavy atom. The van der Waals surface area contributed by atoms with Crippen molar-refractivity contribution in [1.29, 1.82) is 0 Å². The van der Waals surface area contributed by atoms with Crippen LogP contribution >= 0.6 is 0 Å². The van der Waals surface area contributed by atoms with Crippen LogP contribution in [0, 0.1) is 0 Å². The summed E-state index contributed by atoms with van der Waals surface area (Å²) in [6, 6.07) is 8.36. The van der Waals surface area contributed by atoms with Crippen molar-refractivity contribution in [3.63, 3.8) is 0 Å². The number of hydrogen-bond acceptors (Lipinski definition) is 1. The fraction of sp³-hybridized carbons (Fsp3) is 0.267. The fourth-order valence-electron chi connectivity index (χ4n) is 2.32. The Bertz CT molecular complexity index is 495. The van der Waals surface area contributed by atoms with Gasteiger partial charge in [0.05, 0.1) is 0 Å². The lowest BCUT2D eigenvalue weighted by Crippen LogP contribution is -2.01. The Morgan fingerprint density at radius 1 is 1.29 bits per heavy atom. The normalized spacial score (nSPS) is 17.9. The average molecular weight is 228 g/mol. The van der Waals surface area contributed by atoms with Gasteiger partial charge in [0, 0.05) is 6.08 Å². The summed E-state index contributed by atoms with van der Waals surface area (Å²) in [4.78, 5) is 10.6. The molecule has 0 aliphatic heterocycles. The summed E-state index contributed by atoms with van der Waals surface area (Å²) in [6.45, 7) is 1.83. The van der Waals surface area contributed by atoms with E-state index >= 15 is 0 Å². The first kappa shape index (κ1) is 11.6. The summed E-state index contributed by atoms with van der Waals surface area (Å²) in [5, 5.41) is 8.70. The lowest BCUT2D eigenvalue weighted by Gasteiger charge is -2.18. The van der Waals surface area contributed by atoms with Gasteiger partial charge in [-0.05, 0) is 48.5 Å². The standard InChI is InChI=1S/C15H16O2/c1-11(10-15(16)17)9-13-7-4-6-12-5-2-3-8-14(12)13/h2-3,5,8-10H,4,6-7H2,1H3,(H,16,17)/b11-10+,13-9+. The highest BCUT2D eigenvalue weighted by Crippen LogP contribution is 2.31. The third kappa shape index (κ3) is 2.84. The second kappa shape index (κ2) is 5.00. The largest absolute Gasteiger partial charge is 0.478 e. The van der Waals surface area contributed by atoms with Gasteiger partial charge < -0.3 is 5.11 Å². The minimum atomic E-state index is -0.886. The summed E-state index contributed by atoms with van der Waals surface area (Å²) >= 11 is 0. The fourth-order valence-corrected chi connectivity index (χ4v) is 2.32. The molecule has 0 saturated carbocycles. The quantitative estimate of drug-likeness (QED) is 0.787. The third-order valence-corrected chi connectivity index (χ3v) is 3.01. The predicted molar refractivity (Wildman–Crippen MR) is 68.7 cm³/mol. The number of carbonyl (C=O) groups is 1. The molecule has 0 saturated heterocycles. The molecule has 1 N–H and O–H groups in total. The van der Waals surface area contributed by atoms with Gasteiger partial charge in [-0.3, -0.25) is 0 Å². The van der Waals surface area contributed by atoms with Gasteiger partial charge in [-0.15, -0.1) is 0 Å². The highest BCUT2D eigenvalue weighted by Gasteiger charge is 2.12. The smallest absolute Gasteiger partial charge is 0.328 e. The Hall–Kier alpha value is -1.83. The SMILES string of the molecule is CC(=C\C(=O)O)/C=C1\CCCc2ccccc21. The van der Waals surface area contributed by atoms with Crippen LogP contribution in [-0.2, 0) is 11.2 Å². The van der Waals surface area contributed by atoms with Gasteiger partial charge in [-0.1, -0.05) is 30.3 Å². The van der Waals surface area contributed by atoms with Gasteiger partial charge in [0.25, 0.3) is 0 Å². The molecule has 2 heteroatoms. The van der Waals surface area contributed by atoms with Crippen molar-refractivity contribution in [1.82, 2.24) is 0 Å². The lowest BCUT2D eigenvalue weighted by molar-refractivity contribution is -0.131. The van der Waals surface area contributed by atoms with E-state index in [-0.39, 0.29) is 0 Å². The number of allylic oxidation sites excluding steroid dienone is 3. The van der Waals surface area contributed by atoms with Gasteiger partial charge in [0.1, 0.15) is 0 Å². The van der Waals surface area contributed by atoms with E-state index in [2.05, 4.69) is 18.2 Å².